The molecule has 0 fully saturated rings. The molecule has 5 nitrogen and oxygen atoms in total. The molecule has 82 valence electrons. The van der Waals surface area contributed by atoms with Gasteiger partial charge in [0.1, 0.15) is 5.39 Å². The second-order valence-electron chi connectivity index (χ2n) is 2.74. The molecule has 0 unspecified atom stereocenters. The van der Waals surface area contributed by atoms with Crippen molar-refractivity contribution in [3.63, 3.8) is 0 Å². The SMILES string of the molecule is CC.Cn1cc(Cl)c2c(=O)[nH]c(N)nc21. The van der Waals surface area contributed by atoms with Gasteiger partial charge in [0.2, 0.25) is 5.95 Å². The third-order valence-corrected chi connectivity index (χ3v) is 2.09. The number of aryl methyl sites for hydroxylation is 1. The number of nitrogen functional groups attached to an aromatic ring is 1. The lowest BCUT2D eigenvalue weighted by molar-refractivity contribution is 0.944. The Balaban J connectivity index is 0.000000531. The number of fused-ring (bicyclic) bond motifs is 1. The predicted octanol–water partition coefficient (Wildman–Crippen LogP) is 1.52. The number of hydrogen-bond acceptors (Lipinski definition) is 3. The molecule has 0 amide bonds. The Kier molecular flexibility index (Phi) is 3.36. The lowest BCUT2D eigenvalue weighted by Crippen LogP contribution is -2.11. The molecule has 2 rings (SSSR count). The van der Waals surface area contributed by atoms with Crippen LogP contribution in [0.2, 0.25) is 5.02 Å². The topological polar surface area (TPSA) is 76.7 Å². The van der Waals surface area contributed by atoms with Crippen LogP contribution in [0.15, 0.2) is 11.0 Å². The highest BCUT2D eigenvalue weighted by atomic mass is 35.5. The fourth-order valence-corrected chi connectivity index (χ4v) is 1.56. The molecule has 2 aromatic heterocycles. The Hall–Kier alpha value is -1.49. The highest BCUT2D eigenvalue weighted by molar-refractivity contribution is 6.35. The average molecular weight is 229 g/mol. The summed E-state index contributed by atoms with van der Waals surface area (Å²) in [6, 6.07) is 0. The first-order valence-electron chi connectivity index (χ1n) is 4.60. The van der Waals surface area contributed by atoms with Gasteiger partial charge < -0.3 is 10.3 Å². The number of anilines is 1. The summed E-state index contributed by atoms with van der Waals surface area (Å²) in [5.74, 6) is 0.0929. The maximum atomic E-state index is 11.4. The summed E-state index contributed by atoms with van der Waals surface area (Å²) in [4.78, 5) is 17.7. The highest BCUT2D eigenvalue weighted by Gasteiger charge is 2.10. The molecule has 6 heteroatoms. The largest absolute Gasteiger partial charge is 0.369 e. The van der Waals surface area contributed by atoms with Crippen LogP contribution in [0, 0.1) is 0 Å². The molecular formula is C9H13ClN4O. The number of rotatable bonds is 0. The van der Waals surface area contributed by atoms with Gasteiger partial charge in [-0.2, -0.15) is 4.98 Å². The van der Waals surface area contributed by atoms with Crippen LogP contribution in [0.5, 0.6) is 0 Å². The molecule has 0 bridgehead atoms. The number of nitrogens with zero attached hydrogens (tertiary/aromatic N) is 2. The van der Waals surface area contributed by atoms with Crippen molar-refractivity contribution >= 4 is 28.6 Å². The third-order valence-electron chi connectivity index (χ3n) is 1.80. The monoisotopic (exact) mass is 228 g/mol. The lowest BCUT2D eigenvalue weighted by atomic mass is 10.4. The summed E-state index contributed by atoms with van der Waals surface area (Å²) in [5.41, 5.74) is 5.56. The van der Waals surface area contributed by atoms with E-state index in [1.807, 2.05) is 13.8 Å². The molecule has 0 saturated heterocycles. The number of nitrogens with one attached hydrogen (secondary N) is 1. The molecule has 2 heterocycles. The fraction of sp³-hybridized carbons (Fsp3) is 0.333. The molecule has 0 aromatic carbocycles. The van der Waals surface area contributed by atoms with Crippen molar-refractivity contribution in [2.45, 2.75) is 13.8 Å². The second kappa shape index (κ2) is 4.35. The Morgan fingerprint density at radius 1 is 1.53 bits per heavy atom. The minimum absolute atomic E-state index is 0.0929. The van der Waals surface area contributed by atoms with Crippen molar-refractivity contribution in [1.29, 1.82) is 0 Å². The summed E-state index contributed by atoms with van der Waals surface area (Å²) in [5, 5.41) is 0.754. The number of H-pyrrole nitrogens is 1. The Labute approximate surface area is 91.9 Å². The first-order chi connectivity index (χ1) is 7.09. The predicted molar refractivity (Wildman–Crippen MR) is 62.1 cm³/mol. The molecule has 3 N–H and O–H groups in total. The van der Waals surface area contributed by atoms with Crippen LogP contribution in [-0.2, 0) is 7.05 Å². The number of halogens is 1. The van der Waals surface area contributed by atoms with Gasteiger partial charge in [0, 0.05) is 13.2 Å². The fourth-order valence-electron chi connectivity index (χ4n) is 1.24. The minimum Gasteiger partial charge on any atom is -0.369 e. The molecule has 0 saturated carbocycles. The number of nitrogens with two attached hydrogens (primary N) is 1. The van der Waals surface area contributed by atoms with Gasteiger partial charge in [0.05, 0.1) is 5.02 Å². The van der Waals surface area contributed by atoms with E-state index in [9.17, 15) is 4.79 Å². The molecule has 0 atom stereocenters. The maximum Gasteiger partial charge on any atom is 0.263 e. The molecule has 0 aliphatic rings. The van der Waals surface area contributed by atoms with Crippen molar-refractivity contribution in [3.05, 3.63) is 21.6 Å². The van der Waals surface area contributed by atoms with E-state index >= 15 is 0 Å². The van der Waals surface area contributed by atoms with E-state index in [4.69, 9.17) is 17.3 Å². The molecule has 15 heavy (non-hydrogen) atoms. The molecule has 2 aromatic rings. The summed E-state index contributed by atoms with van der Waals surface area (Å²) < 4.78 is 1.66. The van der Waals surface area contributed by atoms with Gasteiger partial charge in [-0.1, -0.05) is 25.4 Å². The van der Waals surface area contributed by atoms with Gasteiger partial charge in [0.25, 0.3) is 5.56 Å². The number of hydrogen-bond donors (Lipinski definition) is 2. The molecule has 0 aliphatic carbocycles. The van der Waals surface area contributed by atoms with E-state index in [0.29, 0.717) is 16.1 Å². The van der Waals surface area contributed by atoms with Crippen molar-refractivity contribution in [1.82, 2.24) is 14.5 Å². The van der Waals surface area contributed by atoms with E-state index < -0.39 is 0 Å². The molecular weight excluding hydrogens is 216 g/mol. The average Bonchev–Trinajstić information content (AvgIpc) is 2.45. The van der Waals surface area contributed by atoms with E-state index in [2.05, 4.69) is 9.97 Å². The van der Waals surface area contributed by atoms with Crippen LogP contribution in [0.4, 0.5) is 5.95 Å². The first kappa shape index (κ1) is 11.6. The van der Waals surface area contributed by atoms with E-state index in [0.717, 1.165) is 0 Å². The normalized spacial score (nSPS) is 9.87. The van der Waals surface area contributed by atoms with Gasteiger partial charge in [-0.25, -0.2) is 0 Å². The number of aromatic nitrogens is 3. The van der Waals surface area contributed by atoms with E-state index in [1.54, 1.807) is 17.8 Å². The lowest BCUT2D eigenvalue weighted by Gasteiger charge is -1.95. The van der Waals surface area contributed by atoms with Gasteiger partial charge in [-0.3, -0.25) is 9.78 Å². The van der Waals surface area contributed by atoms with E-state index in [1.165, 1.54) is 0 Å². The Morgan fingerprint density at radius 3 is 2.73 bits per heavy atom. The van der Waals surface area contributed by atoms with Crippen molar-refractivity contribution < 1.29 is 0 Å². The first-order valence-corrected chi connectivity index (χ1v) is 4.97. The van der Waals surface area contributed by atoms with Crippen LogP contribution >= 0.6 is 11.6 Å². The smallest absolute Gasteiger partial charge is 0.263 e. The zero-order valence-electron chi connectivity index (χ0n) is 8.84. The Morgan fingerprint density at radius 2 is 2.13 bits per heavy atom. The van der Waals surface area contributed by atoms with Crippen LogP contribution in [0.25, 0.3) is 11.0 Å². The van der Waals surface area contributed by atoms with Gasteiger partial charge in [-0.15, -0.1) is 0 Å². The molecule has 0 spiro atoms. The van der Waals surface area contributed by atoms with Crippen molar-refractivity contribution in [2.24, 2.45) is 7.05 Å². The van der Waals surface area contributed by atoms with Gasteiger partial charge in [0.15, 0.2) is 5.65 Å². The van der Waals surface area contributed by atoms with E-state index in [-0.39, 0.29) is 11.5 Å². The van der Waals surface area contributed by atoms with Crippen molar-refractivity contribution in [3.8, 4) is 0 Å². The molecule has 0 radical (unpaired) electrons. The highest BCUT2D eigenvalue weighted by Crippen LogP contribution is 2.19. The maximum absolute atomic E-state index is 11.4. The summed E-state index contributed by atoms with van der Waals surface area (Å²) >= 11 is 5.81. The minimum atomic E-state index is -0.312. The van der Waals surface area contributed by atoms with Crippen LogP contribution in [0.1, 0.15) is 13.8 Å². The van der Waals surface area contributed by atoms with Crippen LogP contribution in [-0.4, -0.2) is 14.5 Å². The van der Waals surface area contributed by atoms with Gasteiger partial charge >= 0.3 is 0 Å². The third kappa shape index (κ3) is 1.97. The second-order valence-corrected chi connectivity index (χ2v) is 3.14. The summed E-state index contributed by atoms with van der Waals surface area (Å²) in [6.07, 6.45) is 1.62. The summed E-state index contributed by atoms with van der Waals surface area (Å²) in [7, 11) is 1.75. The van der Waals surface area contributed by atoms with Crippen LogP contribution < -0.4 is 11.3 Å². The van der Waals surface area contributed by atoms with Crippen LogP contribution in [0.3, 0.4) is 0 Å². The van der Waals surface area contributed by atoms with Gasteiger partial charge in [-0.05, 0) is 0 Å². The summed E-state index contributed by atoms with van der Waals surface area (Å²) in [6.45, 7) is 4.00. The zero-order chi connectivity index (χ0) is 11.6. The standard InChI is InChI=1S/C7H7ClN4O.C2H6/c1-12-2-3(8)4-5(12)10-7(9)11-6(4)13;1-2/h2H,1H3,(H3,9,10,11,13);1-2H3. The Bertz CT molecular complexity index is 529. The van der Waals surface area contributed by atoms with Crippen molar-refractivity contribution in [2.75, 3.05) is 5.73 Å². The quantitative estimate of drug-likeness (QED) is 0.718. The zero-order valence-corrected chi connectivity index (χ0v) is 9.59. The molecule has 0 aliphatic heterocycles. The number of aromatic amines is 1.